The van der Waals surface area contributed by atoms with Crippen LogP contribution in [0.25, 0.3) is 10.9 Å². The van der Waals surface area contributed by atoms with Crippen LogP contribution in [0.2, 0.25) is 0 Å². The van der Waals surface area contributed by atoms with E-state index < -0.39 is 0 Å². The third-order valence-electron chi connectivity index (χ3n) is 3.52. The van der Waals surface area contributed by atoms with Gasteiger partial charge in [-0.15, -0.1) is 0 Å². The van der Waals surface area contributed by atoms with Crippen molar-refractivity contribution >= 4 is 33.3 Å². The lowest BCUT2D eigenvalue weighted by molar-refractivity contribution is -0.130. The van der Waals surface area contributed by atoms with Crippen LogP contribution in [0.15, 0.2) is 24.3 Å². The minimum Gasteiger partial charge on any atom is -0.364 e. The fourth-order valence-corrected chi connectivity index (χ4v) is 3.31. The average Bonchev–Trinajstić information content (AvgIpc) is 3.08. The van der Waals surface area contributed by atoms with Gasteiger partial charge in [0.05, 0.1) is 5.52 Å². The molecule has 1 N–H and O–H groups in total. The summed E-state index contributed by atoms with van der Waals surface area (Å²) in [6, 6.07) is 7.81. The molecule has 2 aromatic rings. The summed E-state index contributed by atoms with van der Waals surface area (Å²) in [4.78, 5) is 14.2. The number of amides is 1. The van der Waals surface area contributed by atoms with Gasteiger partial charge in [-0.3, -0.25) is 4.79 Å². The third-order valence-corrected chi connectivity index (χ3v) is 4.33. The molecular weight excluding hydrogens is 258 g/mol. The van der Waals surface area contributed by atoms with E-state index in [4.69, 9.17) is 0 Å². The third kappa shape index (κ3) is 2.42. The van der Waals surface area contributed by atoms with Crippen molar-refractivity contribution in [3.8, 4) is 0 Å². The Kier molecular flexibility index (Phi) is 3.38. The first-order valence-corrected chi connectivity index (χ1v) is 7.43. The van der Waals surface area contributed by atoms with Gasteiger partial charge in [-0.25, -0.2) is 0 Å². The highest BCUT2D eigenvalue weighted by atomic mass is 32.1. The number of nitrogens with zero attached hydrogens (tertiary/aromatic N) is 2. The lowest BCUT2D eigenvalue weighted by Crippen LogP contribution is -2.39. The number of hydrogen-bond acceptors (Lipinski definition) is 4. The second-order valence-electron chi connectivity index (χ2n) is 4.93. The van der Waals surface area contributed by atoms with Crippen molar-refractivity contribution in [2.45, 2.75) is 25.8 Å². The number of fused-ring (bicyclic) bond motifs is 1. The summed E-state index contributed by atoms with van der Waals surface area (Å²) in [5, 5.41) is 5.38. The highest BCUT2D eigenvalue weighted by Gasteiger charge is 2.23. The van der Waals surface area contributed by atoms with E-state index in [1.807, 2.05) is 36.1 Å². The Hall–Kier alpha value is -1.62. The molecule has 0 spiro atoms. The van der Waals surface area contributed by atoms with Crippen molar-refractivity contribution in [2.75, 3.05) is 18.4 Å². The summed E-state index contributed by atoms with van der Waals surface area (Å²) in [7, 11) is 0. The molecule has 19 heavy (non-hydrogen) atoms. The molecule has 0 bridgehead atoms. The Morgan fingerprint density at radius 1 is 1.37 bits per heavy atom. The summed E-state index contributed by atoms with van der Waals surface area (Å²) in [5.41, 5.74) is 0.982. The molecule has 1 aromatic heterocycles. The fourth-order valence-electron chi connectivity index (χ4n) is 2.46. The number of rotatable bonds is 3. The van der Waals surface area contributed by atoms with E-state index in [1.54, 1.807) is 0 Å². The molecule has 100 valence electrons. The molecule has 1 fully saturated rings. The number of anilines is 1. The van der Waals surface area contributed by atoms with Gasteiger partial charge in [0.1, 0.15) is 11.0 Å². The quantitative estimate of drug-likeness (QED) is 0.936. The van der Waals surface area contributed by atoms with E-state index in [1.165, 1.54) is 11.5 Å². The van der Waals surface area contributed by atoms with Gasteiger partial charge in [-0.2, -0.15) is 4.37 Å². The lowest BCUT2D eigenvalue weighted by Gasteiger charge is -2.21. The highest BCUT2D eigenvalue weighted by molar-refractivity contribution is 7.11. The molecule has 1 unspecified atom stereocenters. The zero-order valence-corrected chi connectivity index (χ0v) is 11.7. The Labute approximate surface area is 116 Å². The van der Waals surface area contributed by atoms with Gasteiger partial charge < -0.3 is 10.2 Å². The van der Waals surface area contributed by atoms with E-state index in [9.17, 15) is 4.79 Å². The van der Waals surface area contributed by atoms with Crippen molar-refractivity contribution in [3.63, 3.8) is 0 Å². The molecule has 1 atom stereocenters. The number of benzene rings is 1. The molecule has 2 heterocycles. The van der Waals surface area contributed by atoms with Crippen LogP contribution in [0.5, 0.6) is 0 Å². The molecule has 0 saturated carbocycles. The van der Waals surface area contributed by atoms with Gasteiger partial charge in [0, 0.05) is 18.5 Å². The van der Waals surface area contributed by atoms with Crippen LogP contribution in [-0.2, 0) is 4.79 Å². The topological polar surface area (TPSA) is 45.2 Å². The number of carbonyl (C=O) groups excluding carboxylic acids is 1. The Balaban J connectivity index is 1.75. The molecule has 1 amide bonds. The van der Waals surface area contributed by atoms with Gasteiger partial charge in [-0.1, -0.05) is 12.1 Å². The van der Waals surface area contributed by atoms with Crippen molar-refractivity contribution < 1.29 is 4.79 Å². The van der Waals surface area contributed by atoms with Crippen LogP contribution >= 0.6 is 11.5 Å². The Bertz CT molecular complexity index is 589. The molecule has 3 rings (SSSR count). The minimum absolute atomic E-state index is 0.190. The fraction of sp³-hybridized carbons (Fsp3) is 0.429. The van der Waals surface area contributed by atoms with Gasteiger partial charge in [0.25, 0.3) is 0 Å². The standard InChI is InChI=1S/C14H17N3OS/c1-10(14(18)17-8-4-5-9-17)15-13-11-6-2-3-7-12(11)16-19-13/h2-3,6-7,10,15H,4-5,8-9H2,1H3. The van der Waals surface area contributed by atoms with Gasteiger partial charge in [0.15, 0.2) is 0 Å². The normalized spacial score (nSPS) is 16.8. The van der Waals surface area contributed by atoms with Crippen LogP contribution in [0.1, 0.15) is 19.8 Å². The monoisotopic (exact) mass is 275 g/mol. The number of carbonyl (C=O) groups is 1. The first kappa shape index (κ1) is 12.4. The van der Waals surface area contributed by atoms with E-state index in [0.717, 1.165) is 41.8 Å². The molecule has 4 nitrogen and oxygen atoms in total. The predicted octanol–water partition coefficient (Wildman–Crippen LogP) is 2.72. The smallest absolute Gasteiger partial charge is 0.244 e. The van der Waals surface area contributed by atoms with Crippen LogP contribution in [-0.4, -0.2) is 34.3 Å². The van der Waals surface area contributed by atoms with Crippen LogP contribution in [0.4, 0.5) is 5.00 Å². The van der Waals surface area contributed by atoms with Crippen LogP contribution in [0.3, 0.4) is 0 Å². The predicted molar refractivity (Wildman–Crippen MR) is 78.5 cm³/mol. The first-order valence-electron chi connectivity index (χ1n) is 6.65. The summed E-state index contributed by atoms with van der Waals surface area (Å²) in [5.74, 6) is 0.190. The number of aromatic nitrogens is 1. The SMILES string of the molecule is CC(Nc1snc2ccccc12)C(=O)N1CCCC1. The minimum atomic E-state index is -0.193. The molecule has 0 radical (unpaired) electrons. The lowest BCUT2D eigenvalue weighted by atomic mass is 10.2. The maximum Gasteiger partial charge on any atom is 0.244 e. The molecule has 0 aliphatic carbocycles. The van der Waals surface area contributed by atoms with Crippen molar-refractivity contribution in [2.24, 2.45) is 0 Å². The van der Waals surface area contributed by atoms with Gasteiger partial charge in [-0.05, 0) is 43.4 Å². The summed E-state index contributed by atoms with van der Waals surface area (Å²) >= 11 is 1.42. The molecule has 5 heteroatoms. The van der Waals surface area contributed by atoms with E-state index >= 15 is 0 Å². The number of likely N-dealkylation sites (tertiary alicyclic amines) is 1. The second-order valence-corrected chi connectivity index (χ2v) is 5.70. The second kappa shape index (κ2) is 5.17. The van der Waals surface area contributed by atoms with Gasteiger partial charge >= 0.3 is 0 Å². The van der Waals surface area contributed by atoms with Gasteiger partial charge in [0.2, 0.25) is 5.91 Å². The van der Waals surface area contributed by atoms with E-state index in [0.29, 0.717) is 0 Å². The number of nitrogens with one attached hydrogen (secondary N) is 1. The summed E-state index contributed by atoms with van der Waals surface area (Å²) in [6.07, 6.45) is 2.25. The van der Waals surface area contributed by atoms with Crippen LogP contribution < -0.4 is 5.32 Å². The first-order chi connectivity index (χ1) is 9.25. The zero-order valence-electron chi connectivity index (χ0n) is 10.9. The van der Waals surface area contributed by atoms with E-state index in [-0.39, 0.29) is 11.9 Å². The molecule has 1 aliphatic heterocycles. The maximum absolute atomic E-state index is 12.3. The Morgan fingerprint density at radius 2 is 2.11 bits per heavy atom. The molecule has 1 saturated heterocycles. The van der Waals surface area contributed by atoms with Crippen molar-refractivity contribution in [3.05, 3.63) is 24.3 Å². The molecule has 1 aliphatic rings. The average molecular weight is 275 g/mol. The summed E-state index contributed by atoms with van der Waals surface area (Å²) < 4.78 is 4.38. The van der Waals surface area contributed by atoms with Crippen LogP contribution in [0, 0.1) is 0 Å². The molecular formula is C14H17N3OS. The zero-order chi connectivity index (χ0) is 13.2. The Morgan fingerprint density at radius 3 is 2.89 bits per heavy atom. The molecule has 1 aromatic carbocycles. The van der Waals surface area contributed by atoms with E-state index in [2.05, 4.69) is 9.69 Å². The van der Waals surface area contributed by atoms with Crippen molar-refractivity contribution in [1.82, 2.24) is 9.27 Å². The highest BCUT2D eigenvalue weighted by Crippen LogP contribution is 2.28. The summed E-state index contributed by atoms with van der Waals surface area (Å²) in [6.45, 7) is 3.72. The van der Waals surface area contributed by atoms with Crippen molar-refractivity contribution in [1.29, 1.82) is 0 Å². The largest absolute Gasteiger partial charge is 0.364 e. The number of hydrogen-bond donors (Lipinski definition) is 1. The maximum atomic E-state index is 12.3.